The molecule has 0 unspecified atom stereocenters. The number of hydrogen-bond acceptors (Lipinski definition) is 6. The van der Waals surface area contributed by atoms with Crippen LogP contribution in [0.5, 0.6) is 0 Å². The van der Waals surface area contributed by atoms with Crippen LogP contribution in [0.2, 0.25) is 0 Å². The number of carbonyl (C=O) groups is 1. The van der Waals surface area contributed by atoms with Crippen LogP contribution < -0.4 is 4.90 Å². The minimum Gasteiger partial charge on any atom is -0.353 e. The van der Waals surface area contributed by atoms with E-state index in [2.05, 4.69) is 24.9 Å². The first kappa shape index (κ1) is 16.3. The lowest BCUT2D eigenvalue weighted by atomic mass is 9.74. The lowest BCUT2D eigenvalue weighted by Gasteiger charge is -2.49. The summed E-state index contributed by atoms with van der Waals surface area (Å²) in [7, 11) is 4.04. The third kappa shape index (κ3) is 2.55. The molecule has 8 nitrogen and oxygen atoms in total. The van der Waals surface area contributed by atoms with Gasteiger partial charge in [0.05, 0.1) is 0 Å². The molecule has 0 aromatic carbocycles. The van der Waals surface area contributed by atoms with Gasteiger partial charge in [0.15, 0.2) is 0 Å². The van der Waals surface area contributed by atoms with Gasteiger partial charge in [-0.1, -0.05) is 0 Å². The number of likely N-dealkylation sites (N-methyl/N-ethyl adjacent to an activating group) is 1. The Morgan fingerprint density at radius 3 is 2.52 bits per heavy atom. The fourth-order valence-corrected chi connectivity index (χ4v) is 3.93. The van der Waals surface area contributed by atoms with E-state index >= 15 is 0 Å². The van der Waals surface area contributed by atoms with Crippen molar-refractivity contribution >= 4 is 17.5 Å². The molecule has 0 N–H and O–H groups in total. The molecule has 8 heteroatoms. The maximum Gasteiger partial charge on any atom is 0.254 e. The Bertz CT molecular complexity index is 787. The number of anilines is 1. The van der Waals surface area contributed by atoms with Gasteiger partial charge in [0.2, 0.25) is 5.91 Å². The Morgan fingerprint density at radius 1 is 1.20 bits per heavy atom. The summed E-state index contributed by atoms with van der Waals surface area (Å²) >= 11 is 0. The Balaban J connectivity index is 1.50. The van der Waals surface area contributed by atoms with Gasteiger partial charge in [-0.15, -0.1) is 0 Å². The van der Waals surface area contributed by atoms with Gasteiger partial charge in [-0.05, 0) is 40.3 Å². The average molecular weight is 343 g/mol. The number of rotatable bonds is 3. The molecular formula is C17H25N7O. The van der Waals surface area contributed by atoms with Crippen LogP contribution in [0.4, 0.5) is 5.82 Å². The molecule has 1 amide bonds. The molecule has 0 atom stereocenters. The first-order valence-corrected chi connectivity index (χ1v) is 8.90. The van der Waals surface area contributed by atoms with E-state index in [4.69, 9.17) is 0 Å². The van der Waals surface area contributed by atoms with Crippen LogP contribution in [0.1, 0.15) is 25.0 Å². The van der Waals surface area contributed by atoms with E-state index in [1.807, 2.05) is 32.0 Å². The van der Waals surface area contributed by atoms with Crippen molar-refractivity contribution in [2.24, 2.45) is 0 Å². The molecule has 0 spiro atoms. The summed E-state index contributed by atoms with van der Waals surface area (Å²) in [5.74, 6) is 1.91. The van der Waals surface area contributed by atoms with Gasteiger partial charge < -0.3 is 9.80 Å². The number of aryl methyl sites for hydroxylation is 1. The van der Waals surface area contributed by atoms with Crippen molar-refractivity contribution in [2.45, 2.75) is 31.7 Å². The number of amides is 1. The first-order chi connectivity index (χ1) is 12.0. The van der Waals surface area contributed by atoms with Crippen molar-refractivity contribution in [3.05, 3.63) is 18.1 Å². The minimum absolute atomic E-state index is 0.269. The minimum atomic E-state index is -0.269. The van der Waals surface area contributed by atoms with Crippen molar-refractivity contribution in [1.82, 2.24) is 29.4 Å². The van der Waals surface area contributed by atoms with E-state index in [0.717, 1.165) is 57.0 Å². The van der Waals surface area contributed by atoms with E-state index in [-0.39, 0.29) is 5.54 Å². The molecule has 0 radical (unpaired) electrons. The first-order valence-electron chi connectivity index (χ1n) is 8.90. The highest BCUT2D eigenvalue weighted by molar-refractivity contribution is 5.87. The Hall–Kier alpha value is -2.22. The maximum absolute atomic E-state index is 13.0. The van der Waals surface area contributed by atoms with Gasteiger partial charge in [0, 0.05) is 37.9 Å². The van der Waals surface area contributed by atoms with Gasteiger partial charge in [0.25, 0.3) is 5.78 Å². The molecule has 1 aliphatic carbocycles. The molecule has 25 heavy (non-hydrogen) atoms. The standard InChI is InChI=1S/C17H25N7O/c1-13-11-14(24-16(20-13)18-12-19-24)22-7-9-23(10-8-22)15(25)17(21(2)3)5-4-6-17/h11-12H,4-10H2,1-3H3. The summed E-state index contributed by atoms with van der Waals surface area (Å²) < 4.78 is 1.78. The molecule has 4 rings (SSSR count). The zero-order valence-corrected chi connectivity index (χ0v) is 15.1. The predicted octanol–water partition coefficient (Wildman–Crippen LogP) is 0.566. The highest BCUT2D eigenvalue weighted by atomic mass is 16.2. The van der Waals surface area contributed by atoms with Crippen molar-refractivity contribution in [2.75, 3.05) is 45.2 Å². The number of nitrogens with zero attached hydrogens (tertiary/aromatic N) is 7. The lowest BCUT2D eigenvalue weighted by Crippen LogP contribution is -2.63. The van der Waals surface area contributed by atoms with Gasteiger partial charge in [-0.3, -0.25) is 9.69 Å². The lowest BCUT2D eigenvalue weighted by molar-refractivity contribution is -0.149. The normalized spacial score (nSPS) is 20.2. The Labute approximate surface area is 147 Å². The quantitative estimate of drug-likeness (QED) is 0.811. The van der Waals surface area contributed by atoms with Crippen LogP contribution >= 0.6 is 0 Å². The third-order valence-electron chi connectivity index (χ3n) is 5.69. The molecule has 2 aliphatic rings. The monoisotopic (exact) mass is 343 g/mol. The number of hydrogen-bond donors (Lipinski definition) is 0. The second kappa shape index (κ2) is 5.94. The highest BCUT2D eigenvalue weighted by Crippen LogP contribution is 2.38. The van der Waals surface area contributed by atoms with Crippen LogP contribution in [-0.4, -0.2) is 81.1 Å². The van der Waals surface area contributed by atoms with Crippen LogP contribution in [0.3, 0.4) is 0 Å². The zero-order chi connectivity index (χ0) is 17.6. The summed E-state index contributed by atoms with van der Waals surface area (Å²) in [6, 6.07) is 2.03. The molecule has 0 bridgehead atoms. The molecule has 1 saturated heterocycles. The van der Waals surface area contributed by atoms with Crippen molar-refractivity contribution < 1.29 is 4.79 Å². The summed E-state index contributed by atoms with van der Waals surface area (Å²) in [5, 5.41) is 4.29. The van der Waals surface area contributed by atoms with Crippen molar-refractivity contribution in [3.8, 4) is 0 Å². The smallest absolute Gasteiger partial charge is 0.254 e. The second-order valence-corrected chi connectivity index (χ2v) is 7.29. The summed E-state index contributed by atoms with van der Waals surface area (Å²) in [6.07, 6.45) is 4.62. The number of piperazine rings is 1. The van der Waals surface area contributed by atoms with Crippen molar-refractivity contribution in [3.63, 3.8) is 0 Å². The fourth-order valence-electron chi connectivity index (χ4n) is 3.93. The summed E-state index contributed by atoms with van der Waals surface area (Å²) in [6.45, 7) is 5.05. The third-order valence-corrected chi connectivity index (χ3v) is 5.69. The number of fused-ring (bicyclic) bond motifs is 1. The van der Waals surface area contributed by atoms with Crippen LogP contribution in [0.25, 0.3) is 5.78 Å². The topological polar surface area (TPSA) is 69.9 Å². The van der Waals surface area contributed by atoms with Crippen LogP contribution in [0, 0.1) is 6.92 Å². The molecule has 2 aromatic heterocycles. The van der Waals surface area contributed by atoms with Crippen LogP contribution in [-0.2, 0) is 4.79 Å². The van der Waals surface area contributed by atoms with Gasteiger partial charge in [-0.2, -0.15) is 14.6 Å². The highest BCUT2D eigenvalue weighted by Gasteiger charge is 2.48. The van der Waals surface area contributed by atoms with E-state index in [9.17, 15) is 4.79 Å². The predicted molar refractivity (Wildman–Crippen MR) is 94.6 cm³/mol. The van der Waals surface area contributed by atoms with Gasteiger partial charge in [0.1, 0.15) is 17.7 Å². The Kier molecular flexibility index (Phi) is 3.87. The maximum atomic E-state index is 13.0. The van der Waals surface area contributed by atoms with Gasteiger partial charge in [-0.25, -0.2) is 4.98 Å². The number of carbonyl (C=O) groups excluding carboxylic acids is 1. The van der Waals surface area contributed by atoms with Crippen LogP contribution in [0.15, 0.2) is 12.4 Å². The molecule has 1 aliphatic heterocycles. The van der Waals surface area contributed by atoms with E-state index < -0.39 is 0 Å². The second-order valence-electron chi connectivity index (χ2n) is 7.29. The molecule has 3 heterocycles. The molecule has 134 valence electrons. The van der Waals surface area contributed by atoms with E-state index in [1.54, 1.807) is 4.52 Å². The van der Waals surface area contributed by atoms with Gasteiger partial charge >= 0.3 is 0 Å². The number of aromatic nitrogens is 4. The summed E-state index contributed by atoms with van der Waals surface area (Å²) in [5.41, 5.74) is 0.657. The van der Waals surface area contributed by atoms with E-state index in [1.165, 1.54) is 6.33 Å². The largest absolute Gasteiger partial charge is 0.353 e. The molecular weight excluding hydrogens is 318 g/mol. The molecule has 2 fully saturated rings. The Morgan fingerprint density at radius 2 is 1.92 bits per heavy atom. The summed E-state index contributed by atoms with van der Waals surface area (Å²) in [4.78, 5) is 28.0. The average Bonchev–Trinajstić information content (AvgIpc) is 3.01. The SMILES string of the molecule is Cc1cc(N2CCN(C(=O)C3(N(C)C)CCC3)CC2)n2ncnc2n1. The van der Waals surface area contributed by atoms with Crippen molar-refractivity contribution in [1.29, 1.82) is 0 Å². The zero-order valence-electron chi connectivity index (χ0n) is 15.1. The fraction of sp³-hybridized carbons (Fsp3) is 0.647. The molecule has 2 aromatic rings. The molecule has 1 saturated carbocycles. The van der Waals surface area contributed by atoms with E-state index in [0.29, 0.717) is 11.7 Å².